The minimum Gasteiger partial charge on any atom is -0.356 e. The van der Waals surface area contributed by atoms with Gasteiger partial charge < -0.3 is 5.32 Å². The lowest BCUT2D eigenvalue weighted by Gasteiger charge is -2.16. The fraction of sp³-hybridized carbons (Fsp3) is 0.421. The molecule has 1 atom stereocenters. The summed E-state index contributed by atoms with van der Waals surface area (Å²) in [5.74, 6) is 0.850. The molecule has 1 aliphatic heterocycles. The average molecular weight is 328 g/mol. The van der Waals surface area contributed by atoms with Gasteiger partial charge in [0.15, 0.2) is 0 Å². The summed E-state index contributed by atoms with van der Waals surface area (Å²) in [4.78, 5) is 14.4. The van der Waals surface area contributed by atoms with Crippen LogP contribution in [0.3, 0.4) is 0 Å². The van der Waals surface area contributed by atoms with E-state index in [1.807, 2.05) is 16.8 Å². The van der Waals surface area contributed by atoms with Crippen molar-refractivity contribution in [1.29, 1.82) is 0 Å². The number of nitrogens with zero attached hydrogens (tertiary/aromatic N) is 1. The van der Waals surface area contributed by atoms with Gasteiger partial charge in [-0.25, -0.2) is 0 Å². The number of rotatable bonds is 7. The molecule has 0 unspecified atom stereocenters. The highest BCUT2D eigenvalue weighted by atomic mass is 32.1. The van der Waals surface area contributed by atoms with Crippen molar-refractivity contribution in [2.24, 2.45) is 5.92 Å². The summed E-state index contributed by atoms with van der Waals surface area (Å²) in [6, 6.07) is 12.7. The number of nitrogens with one attached hydrogen (secondary N) is 1. The SMILES string of the molecule is O=C(Cc1ccsc1)NCC[C@@H]1CCN(Cc2ccccc2)C1. The Balaban J connectivity index is 1.33. The Morgan fingerprint density at radius 2 is 2.09 bits per heavy atom. The smallest absolute Gasteiger partial charge is 0.224 e. The van der Waals surface area contributed by atoms with Crippen LogP contribution in [0.4, 0.5) is 0 Å². The number of likely N-dealkylation sites (tertiary alicyclic amines) is 1. The summed E-state index contributed by atoms with van der Waals surface area (Å²) >= 11 is 1.64. The third kappa shape index (κ3) is 5.19. The summed E-state index contributed by atoms with van der Waals surface area (Å²) in [5, 5.41) is 7.12. The Morgan fingerprint density at radius 1 is 1.22 bits per heavy atom. The molecule has 1 N–H and O–H groups in total. The number of amides is 1. The number of thiophene rings is 1. The summed E-state index contributed by atoms with van der Waals surface area (Å²) in [5.41, 5.74) is 2.50. The molecule has 0 aliphatic carbocycles. The molecule has 122 valence electrons. The molecule has 3 nitrogen and oxygen atoms in total. The van der Waals surface area contributed by atoms with E-state index in [1.54, 1.807) is 11.3 Å². The number of hydrogen-bond donors (Lipinski definition) is 1. The largest absolute Gasteiger partial charge is 0.356 e. The Bertz CT molecular complexity index is 597. The van der Waals surface area contributed by atoms with E-state index in [-0.39, 0.29) is 5.91 Å². The maximum absolute atomic E-state index is 11.9. The molecule has 4 heteroatoms. The first-order chi connectivity index (χ1) is 11.3. The van der Waals surface area contributed by atoms with E-state index < -0.39 is 0 Å². The van der Waals surface area contributed by atoms with Crippen molar-refractivity contribution in [2.45, 2.75) is 25.8 Å². The summed E-state index contributed by atoms with van der Waals surface area (Å²) in [6.45, 7) is 4.16. The lowest BCUT2D eigenvalue weighted by molar-refractivity contribution is -0.120. The molecule has 1 aromatic heterocycles. The maximum Gasteiger partial charge on any atom is 0.224 e. The van der Waals surface area contributed by atoms with Crippen molar-refractivity contribution in [3.05, 3.63) is 58.3 Å². The topological polar surface area (TPSA) is 32.3 Å². The first-order valence-corrected chi connectivity index (χ1v) is 9.28. The summed E-state index contributed by atoms with van der Waals surface area (Å²) < 4.78 is 0. The molecule has 0 radical (unpaired) electrons. The van der Waals surface area contributed by atoms with Gasteiger partial charge in [0.05, 0.1) is 6.42 Å². The zero-order valence-electron chi connectivity index (χ0n) is 13.4. The molecule has 0 saturated carbocycles. The van der Waals surface area contributed by atoms with Crippen LogP contribution in [-0.2, 0) is 17.8 Å². The second-order valence-electron chi connectivity index (χ2n) is 6.32. The van der Waals surface area contributed by atoms with Crippen molar-refractivity contribution in [2.75, 3.05) is 19.6 Å². The monoisotopic (exact) mass is 328 g/mol. The fourth-order valence-corrected chi connectivity index (χ4v) is 3.86. The average Bonchev–Trinajstić information content (AvgIpc) is 3.21. The quantitative estimate of drug-likeness (QED) is 0.845. The van der Waals surface area contributed by atoms with Crippen molar-refractivity contribution in [3.63, 3.8) is 0 Å². The van der Waals surface area contributed by atoms with Crippen molar-refractivity contribution in [3.8, 4) is 0 Å². The van der Waals surface area contributed by atoms with E-state index in [4.69, 9.17) is 0 Å². The van der Waals surface area contributed by atoms with Crippen molar-refractivity contribution < 1.29 is 4.79 Å². The van der Waals surface area contributed by atoms with Gasteiger partial charge in [0.2, 0.25) is 5.91 Å². The lowest BCUT2D eigenvalue weighted by Crippen LogP contribution is -2.28. The zero-order chi connectivity index (χ0) is 15.9. The Morgan fingerprint density at radius 3 is 2.87 bits per heavy atom. The first-order valence-electron chi connectivity index (χ1n) is 8.33. The molecule has 1 aromatic carbocycles. The minimum atomic E-state index is 0.141. The molecular weight excluding hydrogens is 304 g/mol. The summed E-state index contributed by atoms with van der Waals surface area (Å²) in [6.07, 6.45) is 2.84. The molecule has 2 aromatic rings. The molecule has 1 fully saturated rings. The van der Waals surface area contributed by atoms with Gasteiger partial charge in [0.25, 0.3) is 0 Å². The van der Waals surface area contributed by atoms with Crippen LogP contribution >= 0.6 is 11.3 Å². The van der Waals surface area contributed by atoms with E-state index in [9.17, 15) is 4.79 Å². The van der Waals surface area contributed by atoms with E-state index in [2.05, 4.69) is 40.5 Å². The van der Waals surface area contributed by atoms with Gasteiger partial charge in [-0.3, -0.25) is 9.69 Å². The molecule has 2 heterocycles. The van der Waals surface area contributed by atoms with Gasteiger partial charge in [0.1, 0.15) is 0 Å². The predicted octanol–water partition coefficient (Wildman–Crippen LogP) is 3.32. The number of benzene rings is 1. The summed E-state index contributed by atoms with van der Waals surface area (Å²) in [7, 11) is 0. The molecule has 3 rings (SSSR count). The number of hydrogen-bond acceptors (Lipinski definition) is 3. The van der Waals surface area contributed by atoms with Crippen LogP contribution in [0.25, 0.3) is 0 Å². The van der Waals surface area contributed by atoms with Crippen molar-refractivity contribution in [1.82, 2.24) is 10.2 Å². The lowest BCUT2D eigenvalue weighted by atomic mass is 10.1. The van der Waals surface area contributed by atoms with Gasteiger partial charge in [-0.1, -0.05) is 30.3 Å². The fourth-order valence-electron chi connectivity index (χ4n) is 3.19. The first kappa shape index (κ1) is 16.2. The standard InChI is InChI=1S/C19H24N2OS/c22-19(12-18-8-11-23-15-18)20-9-6-17-7-10-21(14-17)13-16-4-2-1-3-5-16/h1-5,8,11,15,17H,6-7,9-10,12-14H2,(H,20,22)/t17-/m1/s1. The van der Waals surface area contributed by atoms with E-state index in [0.29, 0.717) is 12.3 Å². The highest BCUT2D eigenvalue weighted by Gasteiger charge is 2.22. The van der Waals surface area contributed by atoms with Crippen LogP contribution in [0.1, 0.15) is 24.0 Å². The molecule has 1 aliphatic rings. The normalized spacial score (nSPS) is 18.2. The van der Waals surface area contributed by atoms with Crippen LogP contribution in [0.5, 0.6) is 0 Å². The molecular formula is C19H24N2OS. The highest BCUT2D eigenvalue weighted by molar-refractivity contribution is 7.07. The zero-order valence-corrected chi connectivity index (χ0v) is 14.2. The van der Waals surface area contributed by atoms with Gasteiger partial charge in [-0.2, -0.15) is 11.3 Å². The van der Waals surface area contributed by atoms with E-state index >= 15 is 0 Å². The molecule has 0 bridgehead atoms. The van der Waals surface area contributed by atoms with Crippen LogP contribution in [-0.4, -0.2) is 30.4 Å². The third-order valence-corrected chi connectivity index (χ3v) is 5.17. The van der Waals surface area contributed by atoms with Crippen LogP contribution < -0.4 is 5.32 Å². The number of carbonyl (C=O) groups excluding carboxylic acids is 1. The van der Waals surface area contributed by atoms with E-state index in [1.165, 1.54) is 18.5 Å². The highest BCUT2D eigenvalue weighted by Crippen LogP contribution is 2.21. The van der Waals surface area contributed by atoms with Crippen LogP contribution in [0.15, 0.2) is 47.2 Å². The van der Waals surface area contributed by atoms with Gasteiger partial charge in [-0.15, -0.1) is 0 Å². The Labute approximate surface area is 142 Å². The maximum atomic E-state index is 11.9. The second-order valence-corrected chi connectivity index (χ2v) is 7.10. The third-order valence-electron chi connectivity index (χ3n) is 4.44. The van der Waals surface area contributed by atoms with Crippen LogP contribution in [0.2, 0.25) is 0 Å². The van der Waals surface area contributed by atoms with Crippen LogP contribution in [0, 0.1) is 5.92 Å². The van der Waals surface area contributed by atoms with Gasteiger partial charge >= 0.3 is 0 Å². The van der Waals surface area contributed by atoms with E-state index in [0.717, 1.165) is 31.6 Å². The Kier molecular flexibility index (Phi) is 5.83. The van der Waals surface area contributed by atoms with Gasteiger partial charge in [0, 0.05) is 19.6 Å². The molecule has 1 saturated heterocycles. The Hall–Kier alpha value is -1.65. The van der Waals surface area contributed by atoms with Gasteiger partial charge in [-0.05, 0) is 53.3 Å². The molecule has 1 amide bonds. The second kappa shape index (κ2) is 8.27. The predicted molar refractivity (Wildman–Crippen MR) is 95.5 cm³/mol. The molecule has 0 spiro atoms. The van der Waals surface area contributed by atoms with Crippen molar-refractivity contribution >= 4 is 17.2 Å². The molecule has 23 heavy (non-hydrogen) atoms. The minimum absolute atomic E-state index is 0.141. The number of carbonyl (C=O) groups is 1.